The van der Waals surface area contributed by atoms with E-state index in [1.165, 1.54) is 19.2 Å². The van der Waals surface area contributed by atoms with Gasteiger partial charge in [0.15, 0.2) is 0 Å². The molecule has 0 fully saturated rings. The van der Waals surface area contributed by atoms with Crippen LogP contribution in [0.25, 0.3) is 0 Å². The molecule has 0 aliphatic rings. The van der Waals surface area contributed by atoms with E-state index in [9.17, 15) is 8.78 Å². The third-order valence-electron chi connectivity index (χ3n) is 3.27. The van der Waals surface area contributed by atoms with Gasteiger partial charge in [-0.05, 0) is 26.1 Å². The molecule has 4 heteroatoms. The number of nitrogens with one attached hydrogen (secondary N) is 1. The number of methoxy groups -OCH3 is 1. The standard InChI is InChI=1S/C16H17F2NO/c1-10-4-7-14(17)13(8-10)16(19-2)12-6-5-11(20-3)9-15(12)18/h4-9,16,19H,1-3H3. The minimum absolute atomic E-state index is 0.356. The molecule has 106 valence electrons. The van der Waals surface area contributed by atoms with Crippen LogP contribution >= 0.6 is 0 Å². The zero-order chi connectivity index (χ0) is 14.7. The Balaban J connectivity index is 2.49. The molecule has 0 radical (unpaired) electrons. The van der Waals surface area contributed by atoms with Crippen LogP contribution in [0, 0.1) is 18.6 Å². The predicted octanol–water partition coefficient (Wildman–Crippen LogP) is 3.59. The quantitative estimate of drug-likeness (QED) is 0.922. The first-order valence-corrected chi connectivity index (χ1v) is 6.33. The molecule has 0 heterocycles. The first-order chi connectivity index (χ1) is 9.56. The van der Waals surface area contributed by atoms with E-state index in [-0.39, 0.29) is 5.82 Å². The summed E-state index contributed by atoms with van der Waals surface area (Å²) in [6.45, 7) is 1.88. The monoisotopic (exact) mass is 277 g/mol. The van der Waals surface area contributed by atoms with Crippen LogP contribution in [-0.4, -0.2) is 14.2 Å². The maximum absolute atomic E-state index is 14.1. The third kappa shape index (κ3) is 2.80. The van der Waals surface area contributed by atoms with Crippen LogP contribution in [0.15, 0.2) is 36.4 Å². The number of hydrogen-bond acceptors (Lipinski definition) is 2. The van der Waals surface area contributed by atoms with Gasteiger partial charge in [-0.15, -0.1) is 0 Å². The van der Waals surface area contributed by atoms with Crippen molar-refractivity contribution in [2.24, 2.45) is 0 Å². The van der Waals surface area contributed by atoms with Crippen LogP contribution in [-0.2, 0) is 0 Å². The Morgan fingerprint density at radius 2 is 1.75 bits per heavy atom. The number of aryl methyl sites for hydroxylation is 1. The number of halogens is 2. The van der Waals surface area contributed by atoms with E-state index in [2.05, 4.69) is 5.32 Å². The Kier molecular flexibility index (Phi) is 4.35. The van der Waals surface area contributed by atoms with Gasteiger partial charge in [0.05, 0.1) is 13.2 Å². The predicted molar refractivity (Wildman–Crippen MR) is 75.0 cm³/mol. The highest BCUT2D eigenvalue weighted by molar-refractivity contribution is 5.38. The molecular weight excluding hydrogens is 260 g/mol. The van der Waals surface area contributed by atoms with Crippen molar-refractivity contribution in [3.05, 3.63) is 64.7 Å². The van der Waals surface area contributed by atoms with E-state index in [0.29, 0.717) is 16.9 Å². The largest absolute Gasteiger partial charge is 0.497 e. The van der Waals surface area contributed by atoms with Gasteiger partial charge in [-0.1, -0.05) is 23.8 Å². The van der Waals surface area contributed by atoms with Gasteiger partial charge in [-0.2, -0.15) is 0 Å². The SMILES string of the molecule is CNC(c1ccc(OC)cc1F)c1cc(C)ccc1F. The molecule has 0 bridgehead atoms. The van der Waals surface area contributed by atoms with E-state index < -0.39 is 11.9 Å². The topological polar surface area (TPSA) is 21.3 Å². The smallest absolute Gasteiger partial charge is 0.132 e. The molecule has 0 aliphatic heterocycles. The second kappa shape index (κ2) is 6.01. The first-order valence-electron chi connectivity index (χ1n) is 6.33. The summed E-state index contributed by atoms with van der Waals surface area (Å²) in [5.41, 5.74) is 1.74. The van der Waals surface area contributed by atoms with Gasteiger partial charge >= 0.3 is 0 Å². The highest BCUT2D eigenvalue weighted by Gasteiger charge is 2.20. The molecule has 0 saturated heterocycles. The van der Waals surface area contributed by atoms with Crippen molar-refractivity contribution >= 4 is 0 Å². The lowest BCUT2D eigenvalue weighted by molar-refractivity contribution is 0.410. The van der Waals surface area contributed by atoms with Crippen LogP contribution in [0.4, 0.5) is 8.78 Å². The Morgan fingerprint density at radius 1 is 1.00 bits per heavy atom. The number of rotatable bonds is 4. The normalized spacial score (nSPS) is 12.2. The molecule has 1 unspecified atom stereocenters. The summed E-state index contributed by atoms with van der Waals surface area (Å²) in [7, 11) is 3.15. The molecule has 2 nitrogen and oxygen atoms in total. The summed E-state index contributed by atoms with van der Waals surface area (Å²) in [4.78, 5) is 0. The average Bonchev–Trinajstić information content (AvgIpc) is 2.44. The van der Waals surface area contributed by atoms with Crippen molar-refractivity contribution in [1.82, 2.24) is 5.32 Å². The average molecular weight is 277 g/mol. The fraction of sp³-hybridized carbons (Fsp3) is 0.250. The zero-order valence-corrected chi connectivity index (χ0v) is 11.7. The summed E-state index contributed by atoms with van der Waals surface area (Å²) in [5, 5.41) is 2.96. The Hall–Kier alpha value is -1.94. The van der Waals surface area contributed by atoms with Gasteiger partial charge in [-0.25, -0.2) is 8.78 Å². The summed E-state index contributed by atoms with van der Waals surface area (Å²) < 4.78 is 33.1. The second-order valence-electron chi connectivity index (χ2n) is 4.63. The van der Waals surface area contributed by atoms with Crippen molar-refractivity contribution in [3.8, 4) is 5.75 Å². The first kappa shape index (κ1) is 14.5. The van der Waals surface area contributed by atoms with Gasteiger partial charge in [-0.3, -0.25) is 0 Å². The third-order valence-corrected chi connectivity index (χ3v) is 3.27. The van der Waals surface area contributed by atoms with E-state index >= 15 is 0 Å². The van der Waals surface area contributed by atoms with Gasteiger partial charge in [0.25, 0.3) is 0 Å². The van der Waals surface area contributed by atoms with Crippen LogP contribution in [0.5, 0.6) is 5.75 Å². The van der Waals surface area contributed by atoms with Crippen LogP contribution in [0.2, 0.25) is 0 Å². The molecule has 0 aromatic heterocycles. The summed E-state index contributed by atoms with van der Waals surface area (Å²) in [5.74, 6) is -0.347. The van der Waals surface area contributed by atoms with E-state index in [4.69, 9.17) is 4.74 Å². The summed E-state index contributed by atoms with van der Waals surface area (Å²) >= 11 is 0. The zero-order valence-electron chi connectivity index (χ0n) is 11.7. The molecular formula is C16H17F2NO. The lowest BCUT2D eigenvalue weighted by Crippen LogP contribution is -2.20. The number of benzene rings is 2. The van der Waals surface area contributed by atoms with Crippen LogP contribution in [0.3, 0.4) is 0 Å². The Morgan fingerprint density at radius 3 is 2.35 bits per heavy atom. The lowest BCUT2D eigenvalue weighted by Gasteiger charge is -2.19. The van der Waals surface area contributed by atoms with Gasteiger partial charge in [0, 0.05) is 17.2 Å². The molecule has 0 saturated carbocycles. The van der Waals surface area contributed by atoms with Crippen molar-refractivity contribution in [2.45, 2.75) is 13.0 Å². The van der Waals surface area contributed by atoms with Crippen molar-refractivity contribution in [2.75, 3.05) is 14.2 Å². The fourth-order valence-electron chi connectivity index (χ4n) is 2.23. The van der Waals surface area contributed by atoms with E-state index in [1.807, 2.05) is 6.92 Å². The number of hydrogen-bond donors (Lipinski definition) is 1. The van der Waals surface area contributed by atoms with Crippen molar-refractivity contribution in [3.63, 3.8) is 0 Å². The molecule has 1 N–H and O–H groups in total. The maximum atomic E-state index is 14.1. The maximum Gasteiger partial charge on any atom is 0.132 e. The van der Waals surface area contributed by atoms with E-state index in [0.717, 1.165) is 5.56 Å². The van der Waals surface area contributed by atoms with Crippen molar-refractivity contribution < 1.29 is 13.5 Å². The van der Waals surface area contributed by atoms with Gasteiger partial charge in [0.1, 0.15) is 17.4 Å². The highest BCUT2D eigenvalue weighted by atomic mass is 19.1. The van der Waals surface area contributed by atoms with Crippen LogP contribution in [0.1, 0.15) is 22.7 Å². The Labute approximate surface area is 117 Å². The molecule has 2 aromatic rings. The molecule has 0 amide bonds. The summed E-state index contributed by atoms with van der Waals surface area (Å²) in [6.07, 6.45) is 0. The molecule has 1 atom stereocenters. The fourth-order valence-corrected chi connectivity index (χ4v) is 2.23. The molecule has 0 spiro atoms. The van der Waals surface area contributed by atoms with Crippen molar-refractivity contribution in [1.29, 1.82) is 0 Å². The number of ether oxygens (including phenoxy) is 1. The molecule has 2 rings (SSSR count). The summed E-state index contributed by atoms with van der Waals surface area (Å²) in [6, 6.07) is 8.84. The molecule has 20 heavy (non-hydrogen) atoms. The molecule has 0 aliphatic carbocycles. The van der Waals surface area contributed by atoms with E-state index in [1.54, 1.807) is 31.3 Å². The Bertz CT molecular complexity index is 613. The van der Waals surface area contributed by atoms with Gasteiger partial charge < -0.3 is 10.1 Å². The lowest BCUT2D eigenvalue weighted by atomic mass is 9.96. The van der Waals surface area contributed by atoms with Crippen LogP contribution < -0.4 is 10.1 Å². The minimum Gasteiger partial charge on any atom is -0.497 e. The minimum atomic E-state index is -0.541. The molecule has 2 aromatic carbocycles. The second-order valence-corrected chi connectivity index (χ2v) is 4.63. The highest BCUT2D eigenvalue weighted by Crippen LogP contribution is 2.28. The van der Waals surface area contributed by atoms with Gasteiger partial charge in [0.2, 0.25) is 0 Å².